The molecule has 1 aliphatic rings. The van der Waals surface area contributed by atoms with E-state index in [1.54, 1.807) is 31.2 Å². The molecule has 0 spiro atoms. The number of fused-ring (bicyclic) bond motifs is 2. The molecule has 140 valence electrons. The topological polar surface area (TPSA) is 55.3 Å². The molecule has 3 aromatic rings. The van der Waals surface area contributed by atoms with Gasteiger partial charge in [0, 0.05) is 36.0 Å². The molecule has 3 heterocycles. The largest absolute Gasteiger partial charge is 0.481 e. The number of halogens is 1. The summed E-state index contributed by atoms with van der Waals surface area (Å²) >= 11 is 6.16. The first-order valence-corrected chi connectivity index (χ1v) is 9.18. The van der Waals surface area contributed by atoms with Gasteiger partial charge in [0.05, 0.1) is 25.0 Å². The van der Waals surface area contributed by atoms with Crippen LogP contribution in [0.5, 0.6) is 5.88 Å². The Hall–Kier alpha value is -3.18. The summed E-state index contributed by atoms with van der Waals surface area (Å²) in [5, 5.41) is 0.597. The molecule has 0 N–H and O–H groups in total. The van der Waals surface area contributed by atoms with E-state index in [9.17, 15) is 4.79 Å². The number of carbonyl (C=O) groups excluding carboxylic acids is 1. The molecule has 28 heavy (non-hydrogen) atoms. The number of methoxy groups -OCH3 is 1. The van der Waals surface area contributed by atoms with E-state index >= 15 is 0 Å². The molecule has 1 aliphatic heterocycles. The third kappa shape index (κ3) is 3.49. The highest BCUT2D eigenvalue weighted by Gasteiger charge is 2.19. The van der Waals surface area contributed by atoms with Crippen molar-refractivity contribution in [1.82, 2.24) is 9.97 Å². The molecular formula is C22H18ClN3O2. The Morgan fingerprint density at radius 3 is 2.61 bits per heavy atom. The van der Waals surface area contributed by atoms with Crippen molar-refractivity contribution in [3.63, 3.8) is 0 Å². The maximum absolute atomic E-state index is 12.3. The van der Waals surface area contributed by atoms with E-state index in [1.165, 1.54) is 0 Å². The van der Waals surface area contributed by atoms with Crippen LogP contribution in [-0.4, -0.2) is 23.0 Å². The average molecular weight is 392 g/mol. The molecule has 4 rings (SSSR count). The van der Waals surface area contributed by atoms with E-state index in [0.29, 0.717) is 17.4 Å². The van der Waals surface area contributed by atoms with Crippen LogP contribution in [0.1, 0.15) is 23.6 Å². The number of ether oxygens (including phenoxy) is 1. The van der Waals surface area contributed by atoms with E-state index in [0.717, 1.165) is 33.6 Å². The minimum atomic E-state index is -0.0480. The summed E-state index contributed by atoms with van der Waals surface area (Å²) in [5.41, 5.74) is 5.41. The average Bonchev–Trinajstić information content (AvgIpc) is 2.70. The summed E-state index contributed by atoms with van der Waals surface area (Å²) in [5.74, 6) is 0.510. The van der Waals surface area contributed by atoms with Crippen LogP contribution in [0.2, 0.25) is 5.02 Å². The number of rotatable bonds is 2. The fraction of sp³-hybridized carbons (Fsp3) is 0.136. The van der Waals surface area contributed by atoms with Crippen molar-refractivity contribution in [2.75, 3.05) is 12.0 Å². The predicted octanol–water partition coefficient (Wildman–Crippen LogP) is 4.84. The molecule has 0 saturated carbocycles. The SMILES string of the molecule is COc1ccc(-c2cc3c(cn2)CN(C(C)=O)c2cc(Cl)ccc2/C=C\3)cn1. The summed E-state index contributed by atoms with van der Waals surface area (Å²) in [6.07, 6.45) is 7.58. The molecular weight excluding hydrogens is 374 g/mol. The summed E-state index contributed by atoms with van der Waals surface area (Å²) in [6, 6.07) is 11.3. The molecule has 0 radical (unpaired) electrons. The van der Waals surface area contributed by atoms with Gasteiger partial charge in [0.25, 0.3) is 0 Å². The first-order chi connectivity index (χ1) is 13.5. The lowest BCUT2D eigenvalue weighted by atomic mass is 10.0. The van der Waals surface area contributed by atoms with Crippen molar-refractivity contribution in [2.24, 2.45) is 0 Å². The van der Waals surface area contributed by atoms with Gasteiger partial charge in [0.2, 0.25) is 11.8 Å². The molecule has 0 aliphatic carbocycles. The minimum Gasteiger partial charge on any atom is -0.481 e. The van der Waals surface area contributed by atoms with Gasteiger partial charge in [-0.05, 0) is 41.0 Å². The zero-order valence-electron chi connectivity index (χ0n) is 15.5. The van der Waals surface area contributed by atoms with Crippen LogP contribution in [0.3, 0.4) is 0 Å². The number of nitrogens with zero attached hydrogens (tertiary/aromatic N) is 3. The second-order valence-electron chi connectivity index (χ2n) is 6.50. The highest BCUT2D eigenvalue weighted by molar-refractivity contribution is 6.31. The van der Waals surface area contributed by atoms with E-state index in [2.05, 4.69) is 9.97 Å². The lowest BCUT2D eigenvalue weighted by molar-refractivity contribution is -0.116. The highest BCUT2D eigenvalue weighted by atomic mass is 35.5. The van der Waals surface area contributed by atoms with Gasteiger partial charge in [-0.25, -0.2) is 4.98 Å². The molecule has 0 saturated heterocycles. The van der Waals surface area contributed by atoms with Crippen LogP contribution in [0.4, 0.5) is 5.69 Å². The predicted molar refractivity (Wildman–Crippen MR) is 111 cm³/mol. The lowest BCUT2D eigenvalue weighted by Crippen LogP contribution is -2.29. The van der Waals surface area contributed by atoms with E-state index < -0.39 is 0 Å². The Morgan fingerprint density at radius 2 is 1.89 bits per heavy atom. The van der Waals surface area contributed by atoms with Crippen molar-refractivity contribution in [1.29, 1.82) is 0 Å². The van der Waals surface area contributed by atoms with Gasteiger partial charge in [-0.3, -0.25) is 9.78 Å². The van der Waals surface area contributed by atoms with E-state index in [1.807, 2.05) is 48.7 Å². The van der Waals surface area contributed by atoms with Gasteiger partial charge in [0.1, 0.15) is 0 Å². The molecule has 0 atom stereocenters. The van der Waals surface area contributed by atoms with Gasteiger partial charge in [-0.15, -0.1) is 0 Å². The van der Waals surface area contributed by atoms with Crippen LogP contribution in [0.15, 0.2) is 48.8 Å². The molecule has 5 nitrogen and oxygen atoms in total. The Balaban J connectivity index is 1.79. The third-order valence-corrected chi connectivity index (χ3v) is 4.93. The zero-order chi connectivity index (χ0) is 19.7. The number of pyridine rings is 2. The van der Waals surface area contributed by atoms with Crippen LogP contribution in [0, 0.1) is 0 Å². The standard InChI is InChI=1S/C22H18ClN3O2/c1-14(27)26-13-18-12-24-20(17-6-8-22(28-2)25-11-17)9-16(18)4-3-15-5-7-19(23)10-21(15)26/h3-12H,13H2,1-2H3/b4-3-. The maximum Gasteiger partial charge on any atom is 0.224 e. The van der Waals surface area contributed by atoms with Gasteiger partial charge in [-0.1, -0.05) is 29.8 Å². The lowest BCUT2D eigenvalue weighted by Gasteiger charge is -2.26. The van der Waals surface area contributed by atoms with Gasteiger partial charge < -0.3 is 9.64 Å². The first-order valence-electron chi connectivity index (χ1n) is 8.80. The van der Waals surface area contributed by atoms with Crippen LogP contribution in [0.25, 0.3) is 23.4 Å². The summed E-state index contributed by atoms with van der Waals surface area (Å²) < 4.78 is 5.11. The zero-order valence-corrected chi connectivity index (χ0v) is 16.3. The number of anilines is 1. The van der Waals surface area contributed by atoms with Crippen molar-refractivity contribution < 1.29 is 9.53 Å². The number of benzene rings is 1. The Morgan fingerprint density at radius 1 is 1.07 bits per heavy atom. The smallest absolute Gasteiger partial charge is 0.224 e. The third-order valence-electron chi connectivity index (χ3n) is 4.70. The number of carbonyl (C=O) groups is 1. The molecule has 1 amide bonds. The number of aromatic nitrogens is 2. The molecule has 0 bridgehead atoms. The van der Waals surface area contributed by atoms with Gasteiger partial charge >= 0.3 is 0 Å². The van der Waals surface area contributed by atoms with Crippen LogP contribution >= 0.6 is 11.6 Å². The van der Waals surface area contributed by atoms with Crippen molar-refractivity contribution in [3.05, 3.63) is 70.5 Å². The van der Waals surface area contributed by atoms with Crippen molar-refractivity contribution in [2.45, 2.75) is 13.5 Å². The maximum atomic E-state index is 12.3. The Labute approximate surface area is 168 Å². The molecule has 1 aromatic carbocycles. The fourth-order valence-corrected chi connectivity index (χ4v) is 3.37. The van der Waals surface area contributed by atoms with Crippen LogP contribution in [-0.2, 0) is 11.3 Å². The molecule has 0 unspecified atom stereocenters. The van der Waals surface area contributed by atoms with E-state index in [-0.39, 0.29) is 5.91 Å². The van der Waals surface area contributed by atoms with Gasteiger partial charge in [-0.2, -0.15) is 0 Å². The van der Waals surface area contributed by atoms with Crippen molar-refractivity contribution >= 4 is 35.3 Å². The minimum absolute atomic E-state index is 0.0480. The highest BCUT2D eigenvalue weighted by Crippen LogP contribution is 2.32. The van der Waals surface area contributed by atoms with E-state index in [4.69, 9.17) is 16.3 Å². The van der Waals surface area contributed by atoms with Gasteiger partial charge in [0.15, 0.2) is 0 Å². The second-order valence-corrected chi connectivity index (χ2v) is 6.94. The normalized spacial score (nSPS) is 13.8. The van der Waals surface area contributed by atoms with Crippen molar-refractivity contribution in [3.8, 4) is 17.1 Å². The quantitative estimate of drug-likeness (QED) is 0.627. The summed E-state index contributed by atoms with van der Waals surface area (Å²) in [7, 11) is 1.59. The monoisotopic (exact) mass is 391 g/mol. The Kier molecular flexibility index (Phi) is 4.84. The molecule has 2 aromatic heterocycles. The second kappa shape index (κ2) is 7.44. The Bertz CT molecular complexity index is 1080. The summed E-state index contributed by atoms with van der Waals surface area (Å²) in [4.78, 5) is 22.9. The molecule has 6 heteroatoms. The first kappa shape index (κ1) is 18.2. The van der Waals surface area contributed by atoms with Crippen LogP contribution < -0.4 is 9.64 Å². The number of amides is 1. The molecule has 0 fully saturated rings. The fourth-order valence-electron chi connectivity index (χ4n) is 3.20. The summed E-state index contributed by atoms with van der Waals surface area (Å²) in [6.45, 7) is 1.98. The number of hydrogen-bond donors (Lipinski definition) is 0. The number of hydrogen-bond acceptors (Lipinski definition) is 4.